The molecule has 0 saturated heterocycles. The molecule has 0 spiro atoms. The number of phenolic OH excluding ortho intramolecular Hbond substituents is 1. The summed E-state index contributed by atoms with van der Waals surface area (Å²) in [7, 11) is 0. The van der Waals surface area contributed by atoms with E-state index in [9.17, 15) is 10.2 Å². The van der Waals surface area contributed by atoms with Gasteiger partial charge in [-0.3, -0.25) is 0 Å². The molecular formula is C15H12ClNO2. The van der Waals surface area contributed by atoms with E-state index in [1.165, 1.54) is 6.07 Å². The molecule has 4 heteroatoms. The van der Waals surface area contributed by atoms with Crippen molar-refractivity contribution in [2.45, 2.75) is 6.23 Å². The summed E-state index contributed by atoms with van der Waals surface area (Å²) < 4.78 is 0. The largest absolute Gasteiger partial charge is 0.508 e. The third kappa shape index (κ3) is 2.18. The number of nitrogens with one attached hydrogen (secondary N) is 1. The highest BCUT2D eigenvalue weighted by Crippen LogP contribution is 2.36. The molecule has 1 unspecified atom stereocenters. The summed E-state index contributed by atoms with van der Waals surface area (Å²) in [5.74, 6) is 0.123. The van der Waals surface area contributed by atoms with Crippen LogP contribution in [0.1, 0.15) is 11.1 Å². The van der Waals surface area contributed by atoms with Gasteiger partial charge in [-0.25, -0.2) is 0 Å². The third-order valence-electron chi connectivity index (χ3n) is 3.12. The minimum Gasteiger partial charge on any atom is -0.508 e. The number of aromatic hydroxyl groups is 1. The van der Waals surface area contributed by atoms with E-state index in [-0.39, 0.29) is 5.75 Å². The molecule has 96 valence electrons. The van der Waals surface area contributed by atoms with Gasteiger partial charge < -0.3 is 15.5 Å². The molecule has 0 aromatic heterocycles. The zero-order chi connectivity index (χ0) is 13.4. The maximum atomic E-state index is 10.0. The SMILES string of the molecule is Oc1ccc(/C=C2/c3ccccc3NC2O)c(Cl)c1. The highest BCUT2D eigenvalue weighted by Gasteiger charge is 2.23. The maximum absolute atomic E-state index is 10.0. The van der Waals surface area contributed by atoms with Crippen LogP contribution in [0.25, 0.3) is 11.6 Å². The van der Waals surface area contributed by atoms with E-state index in [0.717, 1.165) is 22.4 Å². The monoisotopic (exact) mass is 273 g/mol. The van der Waals surface area contributed by atoms with Crippen LogP contribution in [-0.2, 0) is 0 Å². The first-order valence-corrected chi connectivity index (χ1v) is 6.27. The van der Waals surface area contributed by atoms with Gasteiger partial charge in [0.05, 0.1) is 5.02 Å². The maximum Gasteiger partial charge on any atom is 0.151 e. The first kappa shape index (κ1) is 12.1. The molecule has 0 saturated carbocycles. The van der Waals surface area contributed by atoms with Crippen LogP contribution in [0, 0.1) is 0 Å². The number of fused-ring (bicyclic) bond motifs is 1. The number of hydrogen-bond acceptors (Lipinski definition) is 3. The lowest BCUT2D eigenvalue weighted by molar-refractivity contribution is 0.266. The van der Waals surface area contributed by atoms with E-state index in [2.05, 4.69) is 5.32 Å². The Labute approximate surface area is 115 Å². The Kier molecular flexibility index (Phi) is 2.93. The molecule has 1 aliphatic rings. The summed E-state index contributed by atoms with van der Waals surface area (Å²) in [5, 5.41) is 22.8. The molecule has 1 atom stereocenters. The Morgan fingerprint density at radius 2 is 1.95 bits per heavy atom. The quantitative estimate of drug-likeness (QED) is 0.747. The number of aliphatic hydroxyl groups is 1. The van der Waals surface area contributed by atoms with Crippen molar-refractivity contribution < 1.29 is 10.2 Å². The van der Waals surface area contributed by atoms with Gasteiger partial charge in [0.1, 0.15) is 5.75 Å². The standard InChI is InChI=1S/C15H12ClNO2/c16-13-8-10(18)6-5-9(13)7-12-11-3-1-2-4-14(11)17-15(12)19/h1-8,15,17-19H/b12-7-. The number of para-hydroxylation sites is 1. The van der Waals surface area contributed by atoms with Crippen molar-refractivity contribution in [1.29, 1.82) is 0 Å². The average molecular weight is 274 g/mol. The van der Waals surface area contributed by atoms with E-state index in [1.807, 2.05) is 30.3 Å². The Bertz CT molecular complexity index is 667. The lowest BCUT2D eigenvalue weighted by Crippen LogP contribution is -2.12. The first-order valence-electron chi connectivity index (χ1n) is 5.89. The minimum absolute atomic E-state index is 0.123. The average Bonchev–Trinajstić information content (AvgIpc) is 2.69. The van der Waals surface area contributed by atoms with E-state index >= 15 is 0 Å². The molecule has 2 aromatic carbocycles. The van der Waals surface area contributed by atoms with E-state index in [1.54, 1.807) is 12.1 Å². The van der Waals surface area contributed by atoms with Gasteiger partial charge in [0, 0.05) is 16.8 Å². The Morgan fingerprint density at radius 1 is 1.16 bits per heavy atom. The second-order valence-electron chi connectivity index (χ2n) is 4.40. The predicted octanol–water partition coefficient (Wildman–Crippen LogP) is 3.33. The topological polar surface area (TPSA) is 52.5 Å². The van der Waals surface area contributed by atoms with E-state index in [0.29, 0.717) is 5.02 Å². The van der Waals surface area contributed by atoms with Crippen LogP contribution in [0.2, 0.25) is 5.02 Å². The first-order chi connectivity index (χ1) is 9.15. The second kappa shape index (κ2) is 4.61. The number of halogens is 1. The lowest BCUT2D eigenvalue weighted by atomic mass is 10.0. The summed E-state index contributed by atoms with van der Waals surface area (Å²) >= 11 is 6.08. The van der Waals surface area contributed by atoms with Crippen molar-refractivity contribution in [2.75, 3.05) is 5.32 Å². The predicted molar refractivity (Wildman–Crippen MR) is 77.1 cm³/mol. The van der Waals surface area contributed by atoms with Crippen LogP contribution in [0.3, 0.4) is 0 Å². The van der Waals surface area contributed by atoms with Crippen LogP contribution in [0.4, 0.5) is 5.69 Å². The van der Waals surface area contributed by atoms with Gasteiger partial charge >= 0.3 is 0 Å². The van der Waals surface area contributed by atoms with Crippen LogP contribution >= 0.6 is 11.6 Å². The van der Waals surface area contributed by atoms with Crippen LogP contribution in [0.5, 0.6) is 5.75 Å². The normalized spacial score (nSPS) is 19.3. The number of aliphatic hydroxyl groups excluding tert-OH is 1. The number of benzene rings is 2. The number of rotatable bonds is 1. The van der Waals surface area contributed by atoms with Gasteiger partial charge in [-0.05, 0) is 35.9 Å². The zero-order valence-electron chi connectivity index (χ0n) is 9.97. The Hall–Kier alpha value is -1.97. The second-order valence-corrected chi connectivity index (χ2v) is 4.81. The van der Waals surface area contributed by atoms with Gasteiger partial charge in [-0.2, -0.15) is 0 Å². The molecule has 0 bridgehead atoms. The summed E-state index contributed by atoms with van der Waals surface area (Å²) in [6.07, 6.45) is 1.08. The zero-order valence-corrected chi connectivity index (χ0v) is 10.7. The van der Waals surface area contributed by atoms with Gasteiger partial charge in [0.2, 0.25) is 0 Å². The summed E-state index contributed by atoms with van der Waals surface area (Å²) in [4.78, 5) is 0. The van der Waals surface area contributed by atoms with E-state index in [4.69, 9.17) is 11.6 Å². The summed E-state index contributed by atoms with van der Waals surface area (Å²) in [5.41, 5.74) is 3.38. The number of hydrogen-bond donors (Lipinski definition) is 3. The molecule has 1 heterocycles. The van der Waals surface area contributed by atoms with Crippen molar-refractivity contribution in [3.8, 4) is 5.75 Å². The minimum atomic E-state index is -0.748. The fourth-order valence-electron chi connectivity index (χ4n) is 2.19. The van der Waals surface area contributed by atoms with Crippen molar-refractivity contribution in [3.05, 3.63) is 58.6 Å². The third-order valence-corrected chi connectivity index (χ3v) is 3.45. The molecular weight excluding hydrogens is 262 g/mol. The van der Waals surface area contributed by atoms with Gasteiger partial charge in [0.15, 0.2) is 6.23 Å². The summed E-state index contributed by atoms with van der Waals surface area (Å²) in [6.45, 7) is 0. The smallest absolute Gasteiger partial charge is 0.151 e. The fraction of sp³-hybridized carbons (Fsp3) is 0.0667. The highest BCUT2D eigenvalue weighted by molar-refractivity contribution is 6.32. The van der Waals surface area contributed by atoms with Crippen molar-refractivity contribution in [3.63, 3.8) is 0 Å². The van der Waals surface area contributed by atoms with Crippen molar-refractivity contribution >= 4 is 28.9 Å². The van der Waals surface area contributed by atoms with Crippen molar-refractivity contribution in [1.82, 2.24) is 0 Å². The van der Waals surface area contributed by atoms with Crippen LogP contribution in [0.15, 0.2) is 42.5 Å². The Morgan fingerprint density at radius 3 is 2.74 bits per heavy atom. The van der Waals surface area contributed by atoms with Gasteiger partial charge in [-0.1, -0.05) is 29.8 Å². The molecule has 0 amide bonds. The van der Waals surface area contributed by atoms with Crippen molar-refractivity contribution in [2.24, 2.45) is 0 Å². The molecule has 3 N–H and O–H groups in total. The van der Waals surface area contributed by atoms with Crippen LogP contribution < -0.4 is 5.32 Å². The number of anilines is 1. The number of phenols is 1. The molecule has 3 nitrogen and oxygen atoms in total. The molecule has 2 aromatic rings. The molecule has 1 aliphatic heterocycles. The highest BCUT2D eigenvalue weighted by atomic mass is 35.5. The van der Waals surface area contributed by atoms with Gasteiger partial charge in [-0.15, -0.1) is 0 Å². The molecule has 0 aliphatic carbocycles. The molecule has 19 heavy (non-hydrogen) atoms. The lowest BCUT2D eigenvalue weighted by Gasteiger charge is -2.06. The van der Waals surface area contributed by atoms with Crippen LogP contribution in [-0.4, -0.2) is 16.4 Å². The van der Waals surface area contributed by atoms with E-state index < -0.39 is 6.23 Å². The Balaban J connectivity index is 2.09. The summed E-state index contributed by atoms with van der Waals surface area (Å²) in [6, 6.07) is 12.5. The fourth-order valence-corrected chi connectivity index (χ4v) is 2.42. The van der Waals surface area contributed by atoms with Gasteiger partial charge in [0.25, 0.3) is 0 Å². The molecule has 3 rings (SSSR count). The molecule has 0 fully saturated rings. The molecule has 0 radical (unpaired) electrons.